The predicted octanol–water partition coefficient (Wildman–Crippen LogP) is 2.00. The van der Waals surface area contributed by atoms with Crippen LogP contribution in [0, 0.1) is 5.92 Å². The van der Waals surface area contributed by atoms with Gasteiger partial charge in [-0.25, -0.2) is 0 Å². The lowest BCUT2D eigenvalue weighted by atomic mass is 10.0. The monoisotopic (exact) mass is 311 g/mol. The molecule has 22 heavy (non-hydrogen) atoms. The molecule has 5 nitrogen and oxygen atoms in total. The van der Waals surface area contributed by atoms with Crippen LogP contribution in [-0.4, -0.2) is 53.8 Å². The van der Waals surface area contributed by atoms with Crippen molar-refractivity contribution in [1.29, 1.82) is 0 Å². The van der Waals surface area contributed by atoms with Gasteiger partial charge in [-0.1, -0.05) is 20.8 Å². The first-order chi connectivity index (χ1) is 10.5. The summed E-state index contributed by atoms with van der Waals surface area (Å²) in [6.45, 7) is 10.2. The van der Waals surface area contributed by atoms with Crippen molar-refractivity contribution in [1.82, 2.24) is 9.80 Å². The molecule has 2 N–H and O–H groups in total. The van der Waals surface area contributed by atoms with E-state index in [0.717, 1.165) is 39.0 Å². The van der Waals surface area contributed by atoms with Crippen LogP contribution in [-0.2, 0) is 9.59 Å². The SMILES string of the molecule is CCCN(CCC)C1CCN(C(=O)CC[C@H](C)C(N)=O)CC1. The lowest BCUT2D eigenvalue weighted by Crippen LogP contribution is -2.47. The van der Waals surface area contributed by atoms with Gasteiger partial charge in [0, 0.05) is 31.5 Å². The molecule has 0 aromatic heterocycles. The van der Waals surface area contributed by atoms with Crippen molar-refractivity contribution >= 4 is 11.8 Å². The molecule has 0 spiro atoms. The quantitative estimate of drug-likeness (QED) is 0.708. The number of likely N-dealkylation sites (tertiary alicyclic amines) is 1. The molecule has 5 heteroatoms. The van der Waals surface area contributed by atoms with Gasteiger partial charge in [0.15, 0.2) is 0 Å². The summed E-state index contributed by atoms with van der Waals surface area (Å²) >= 11 is 0. The molecule has 0 saturated carbocycles. The second-order valence-corrected chi connectivity index (χ2v) is 6.49. The largest absolute Gasteiger partial charge is 0.369 e. The summed E-state index contributed by atoms with van der Waals surface area (Å²) in [5, 5.41) is 0. The molecule has 1 aliphatic heterocycles. The van der Waals surface area contributed by atoms with Crippen LogP contribution in [0.1, 0.15) is 59.3 Å². The molecule has 0 aromatic carbocycles. The zero-order chi connectivity index (χ0) is 16.5. The van der Waals surface area contributed by atoms with Crippen LogP contribution < -0.4 is 5.73 Å². The smallest absolute Gasteiger partial charge is 0.222 e. The minimum atomic E-state index is -0.318. The van der Waals surface area contributed by atoms with Crippen molar-refractivity contribution in [3.8, 4) is 0 Å². The molecule has 0 bridgehead atoms. The van der Waals surface area contributed by atoms with Gasteiger partial charge < -0.3 is 15.5 Å². The Bertz CT molecular complexity index is 346. The van der Waals surface area contributed by atoms with Crippen molar-refractivity contribution in [3.63, 3.8) is 0 Å². The number of rotatable bonds is 9. The lowest BCUT2D eigenvalue weighted by Gasteiger charge is -2.38. The fourth-order valence-electron chi connectivity index (χ4n) is 3.17. The van der Waals surface area contributed by atoms with Gasteiger partial charge in [-0.2, -0.15) is 0 Å². The van der Waals surface area contributed by atoms with Crippen LogP contribution >= 0.6 is 0 Å². The van der Waals surface area contributed by atoms with E-state index in [-0.39, 0.29) is 17.7 Å². The maximum atomic E-state index is 12.2. The Labute approximate surface area is 135 Å². The summed E-state index contributed by atoms with van der Waals surface area (Å²) in [6, 6.07) is 0.619. The van der Waals surface area contributed by atoms with Crippen molar-refractivity contribution in [2.24, 2.45) is 11.7 Å². The van der Waals surface area contributed by atoms with Crippen molar-refractivity contribution in [2.45, 2.75) is 65.3 Å². The molecule has 1 heterocycles. The normalized spacial score (nSPS) is 17.7. The van der Waals surface area contributed by atoms with E-state index in [1.165, 1.54) is 12.8 Å². The third-order valence-electron chi connectivity index (χ3n) is 4.63. The number of carbonyl (C=O) groups is 2. The highest BCUT2D eigenvalue weighted by Gasteiger charge is 2.26. The summed E-state index contributed by atoms with van der Waals surface area (Å²) in [5.74, 6) is -0.364. The van der Waals surface area contributed by atoms with E-state index in [4.69, 9.17) is 5.73 Å². The summed E-state index contributed by atoms with van der Waals surface area (Å²) in [4.78, 5) is 27.8. The van der Waals surface area contributed by atoms with Gasteiger partial charge in [0.1, 0.15) is 0 Å². The van der Waals surface area contributed by atoms with Gasteiger partial charge in [0.2, 0.25) is 11.8 Å². The summed E-state index contributed by atoms with van der Waals surface area (Å²) in [6.07, 6.45) is 5.50. The molecule has 0 aromatic rings. The van der Waals surface area contributed by atoms with Gasteiger partial charge in [-0.15, -0.1) is 0 Å². The number of hydrogen-bond acceptors (Lipinski definition) is 3. The highest BCUT2D eigenvalue weighted by atomic mass is 16.2. The van der Waals surface area contributed by atoms with Crippen LogP contribution in [0.3, 0.4) is 0 Å². The molecule has 0 radical (unpaired) electrons. The lowest BCUT2D eigenvalue weighted by molar-refractivity contribution is -0.133. The van der Waals surface area contributed by atoms with Crippen LogP contribution in [0.5, 0.6) is 0 Å². The van der Waals surface area contributed by atoms with Crippen LogP contribution in [0.2, 0.25) is 0 Å². The number of nitrogens with zero attached hydrogens (tertiary/aromatic N) is 2. The standard InChI is InChI=1S/C17H33N3O2/c1-4-10-19(11-5-2)15-8-12-20(13-9-15)16(21)7-6-14(3)17(18)22/h14-15H,4-13H2,1-3H3,(H2,18,22)/t14-/m0/s1. The van der Waals surface area contributed by atoms with E-state index >= 15 is 0 Å². The molecular weight excluding hydrogens is 278 g/mol. The fourth-order valence-corrected chi connectivity index (χ4v) is 3.17. The predicted molar refractivity (Wildman–Crippen MR) is 89.3 cm³/mol. The molecule has 0 aliphatic carbocycles. The van der Waals surface area contributed by atoms with E-state index in [1.807, 2.05) is 4.90 Å². The van der Waals surface area contributed by atoms with E-state index in [1.54, 1.807) is 6.92 Å². The third-order valence-corrected chi connectivity index (χ3v) is 4.63. The maximum absolute atomic E-state index is 12.2. The highest BCUT2D eigenvalue weighted by Crippen LogP contribution is 2.19. The zero-order valence-corrected chi connectivity index (χ0v) is 14.5. The minimum absolute atomic E-state index is 0.170. The number of nitrogens with two attached hydrogens (primary N) is 1. The molecule has 0 unspecified atom stereocenters. The Balaban J connectivity index is 2.37. The van der Waals surface area contributed by atoms with Crippen LogP contribution in [0.4, 0.5) is 0 Å². The molecular formula is C17H33N3O2. The third kappa shape index (κ3) is 5.95. The topological polar surface area (TPSA) is 66.6 Å². The Morgan fingerprint density at radius 3 is 2.18 bits per heavy atom. The van der Waals surface area contributed by atoms with Gasteiger partial charge >= 0.3 is 0 Å². The van der Waals surface area contributed by atoms with E-state index < -0.39 is 0 Å². The molecule has 1 saturated heterocycles. The average molecular weight is 311 g/mol. The number of primary amides is 1. The molecule has 128 valence electrons. The van der Waals surface area contributed by atoms with E-state index in [2.05, 4.69) is 18.7 Å². The Morgan fingerprint density at radius 1 is 1.18 bits per heavy atom. The Kier molecular flexibility index (Phi) is 8.46. The number of piperidine rings is 1. The second-order valence-electron chi connectivity index (χ2n) is 6.49. The summed E-state index contributed by atoms with van der Waals surface area (Å²) in [5.41, 5.74) is 5.24. The molecule has 1 aliphatic rings. The Hall–Kier alpha value is -1.10. The second kappa shape index (κ2) is 9.82. The summed E-state index contributed by atoms with van der Waals surface area (Å²) < 4.78 is 0. The zero-order valence-electron chi connectivity index (χ0n) is 14.5. The highest BCUT2D eigenvalue weighted by molar-refractivity contribution is 5.79. The Morgan fingerprint density at radius 2 is 1.73 bits per heavy atom. The number of amides is 2. The summed E-state index contributed by atoms with van der Waals surface area (Å²) in [7, 11) is 0. The molecule has 1 atom stereocenters. The van der Waals surface area contributed by atoms with Gasteiger partial charge in [-0.05, 0) is 45.2 Å². The number of hydrogen-bond donors (Lipinski definition) is 1. The van der Waals surface area contributed by atoms with Crippen molar-refractivity contribution in [2.75, 3.05) is 26.2 Å². The first-order valence-corrected chi connectivity index (χ1v) is 8.80. The van der Waals surface area contributed by atoms with Gasteiger partial charge in [0.05, 0.1) is 0 Å². The first-order valence-electron chi connectivity index (χ1n) is 8.80. The molecule has 1 fully saturated rings. The van der Waals surface area contributed by atoms with Crippen LogP contribution in [0.15, 0.2) is 0 Å². The first kappa shape index (κ1) is 18.9. The van der Waals surface area contributed by atoms with E-state index in [0.29, 0.717) is 18.9 Å². The number of carbonyl (C=O) groups excluding carboxylic acids is 2. The van der Waals surface area contributed by atoms with Crippen LogP contribution in [0.25, 0.3) is 0 Å². The van der Waals surface area contributed by atoms with Crippen molar-refractivity contribution in [3.05, 3.63) is 0 Å². The molecule has 1 rings (SSSR count). The van der Waals surface area contributed by atoms with Crippen molar-refractivity contribution < 1.29 is 9.59 Å². The molecule has 2 amide bonds. The van der Waals surface area contributed by atoms with Gasteiger partial charge in [0.25, 0.3) is 0 Å². The minimum Gasteiger partial charge on any atom is -0.369 e. The average Bonchev–Trinajstić information content (AvgIpc) is 2.52. The van der Waals surface area contributed by atoms with E-state index in [9.17, 15) is 9.59 Å². The maximum Gasteiger partial charge on any atom is 0.222 e. The van der Waals surface area contributed by atoms with Gasteiger partial charge in [-0.3, -0.25) is 9.59 Å². The fraction of sp³-hybridized carbons (Fsp3) is 0.882.